The lowest BCUT2D eigenvalue weighted by Crippen LogP contribution is -3.08. The number of hydrogen-bond acceptors (Lipinski definition) is 2. The second kappa shape index (κ2) is 7.49. The van der Waals surface area contributed by atoms with E-state index in [2.05, 4.69) is 17.4 Å². The minimum Gasteiger partial charge on any atom is -0.496 e. The van der Waals surface area contributed by atoms with Crippen LogP contribution in [0.4, 0.5) is 5.69 Å². The van der Waals surface area contributed by atoms with Crippen LogP contribution < -0.4 is 15.0 Å². The molecule has 0 radical (unpaired) electrons. The van der Waals surface area contributed by atoms with Crippen LogP contribution in [0.1, 0.15) is 23.1 Å². The minimum absolute atomic E-state index is 0.0420. The zero-order valence-corrected chi connectivity index (χ0v) is 14.4. The number of benzene rings is 2. The Bertz CT molecular complexity index is 727. The molecule has 1 aliphatic rings. The molecular weight excluding hydrogens is 300 g/mol. The van der Waals surface area contributed by atoms with Gasteiger partial charge < -0.3 is 15.0 Å². The summed E-state index contributed by atoms with van der Waals surface area (Å²) in [6.45, 7) is 1.18. The Labute approximate surface area is 143 Å². The number of methoxy groups -OCH3 is 1. The van der Waals surface area contributed by atoms with Gasteiger partial charge in [-0.3, -0.25) is 4.79 Å². The number of carbonyl (C=O) groups is 1. The third-order valence-corrected chi connectivity index (χ3v) is 4.53. The fraction of sp³-hybridized carbons (Fsp3) is 0.350. The normalized spacial score (nSPS) is 14.1. The molecule has 2 aromatic carbocycles. The van der Waals surface area contributed by atoms with E-state index >= 15 is 0 Å². The average molecular weight is 325 g/mol. The maximum Gasteiger partial charge on any atom is 0.279 e. The molecule has 0 aliphatic heterocycles. The molecule has 0 saturated heterocycles. The molecule has 1 amide bonds. The largest absolute Gasteiger partial charge is 0.496 e. The molecule has 0 bridgehead atoms. The molecule has 2 aromatic rings. The first-order valence-corrected chi connectivity index (χ1v) is 8.50. The zero-order chi connectivity index (χ0) is 16.9. The quantitative estimate of drug-likeness (QED) is 0.851. The number of quaternary nitrogens is 1. The number of carbonyl (C=O) groups excluding carboxylic acids is 1. The van der Waals surface area contributed by atoms with Crippen molar-refractivity contribution >= 4 is 11.6 Å². The van der Waals surface area contributed by atoms with Crippen molar-refractivity contribution < 1.29 is 14.4 Å². The first kappa shape index (κ1) is 16.5. The van der Waals surface area contributed by atoms with E-state index in [1.54, 1.807) is 7.11 Å². The second-order valence-corrected chi connectivity index (χ2v) is 6.51. The number of para-hydroxylation sites is 1. The summed E-state index contributed by atoms with van der Waals surface area (Å²) in [5.74, 6) is 0.913. The van der Waals surface area contributed by atoms with Crippen LogP contribution in [0.25, 0.3) is 0 Å². The molecule has 0 heterocycles. The molecule has 0 spiro atoms. The van der Waals surface area contributed by atoms with Gasteiger partial charge in [-0.05, 0) is 54.7 Å². The molecule has 0 aromatic heterocycles. The van der Waals surface area contributed by atoms with Gasteiger partial charge in [0.25, 0.3) is 5.91 Å². The van der Waals surface area contributed by atoms with Crippen molar-refractivity contribution in [3.8, 4) is 5.75 Å². The van der Waals surface area contributed by atoms with Gasteiger partial charge in [0.1, 0.15) is 12.3 Å². The van der Waals surface area contributed by atoms with Gasteiger partial charge in [-0.2, -0.15) is 0 Å². The third-order valence-electron chi connectivity index (χ3n) is 4.53. The highest BCUT2D eigenvalue weighted by atomic mass is 16.5. The molecule has 126 valence electrons. The first-order chi connectivity index (χ1) is 11.7. The lowest BCUT2D eigenvalue weighted by molar-refractivity contribution is -0.885. The van der Waals surface area contributed by atoms with Crippen LogP contribution in [-0.4, -0.2) is 26.6 Å². The van der Waals surface area contributed by atoms with Gasteiger partial charge in [-0.1, -0.05) is 18.2 Å². The lowest BCUT2D eigenvalue weighted by atomic mass is 10.1. The summed E-state index contributed by atoms with van der Waals surface area (Å²) in [7, 11) is 3.70. The molecule has 1 aliphatic carbocycles. The van der Waals surface area contributed by atoms with Crippen molar-refractivity contribution in [2.75, 3.05) is 26.0 Å². The number of rotatable bonds is 6. The van der Waals surface area contributed by atoms with Crippen LogP contribution in [0.15, 0.2) is 42.5 Å². The summed E-state index contributed by atoms with van der Waals surface area (Å²) in [6, 6.07) is 14.2. The van der Waals surface area contributed by atoms with E-state index in [-0.39, 0.29) is 5.91 Å². The lowest BCUT2D eigenvalue weighted by Gasteiger charge is -2.16. The summed E-state index contributed by atoms with van der Waals surface area (Å²) in [4.78, 5) is 13.4. The SMILES string of the molecule is COc1ccccc1C[NH+](C)CC(=O)Nc1ccc2c(c1)CCC2. The number of fused-ring (bicyclic) bond motifs is 1. The number of nitrogens with one attached hydrogen (secondary N) is 2. The van der Waals surface area contributed by atoms with Gasteiger partial charge in [-0.15, -0.1) is 0 Å². The number of anilines is 1. The van der Waals surface area contributed by atoms with Crippen LogP contribution in [-0.2, 0) is 24.2 Å². The predicted molar refractivity (Wildman–Crippen MR) is 95.5 cm³/mol. The maximum atomic E-state index is 12.3. The highest BCUT2D eigenvalue weighted by Gasteiger charge is 2.15. The van der Waals surface area contributed by atoms with Gasteiger partial charge in [0.15, 0.2) is 6.54 Å². The number of hydrogen-bond donors (Lipinski definition) is 2. The van der Waals surface area contributed by atoms with E-state index in [0.717, 1.165) is 41.3 Å². The summed E-state index contributed by atoms with van der Waals surface area (Å²) in [6.07, 6.45) is 3.51. The maximum absolute atomic E-state index is 12.3. The molecular formula is C20H25N2O2+. The second-order valence-electron chi connectivity index (χ2n) is 6.51. The summed E-state index contributed by atoms with van der Waals surface area (Å²) < 4.78 is 5.38. The van der Waals surface area contributed by atoms with Crippen LogP contribution in [0.2, 0.25) is 0 Å². The number of likely N-dealkylation sites (N-methyl/N-ethyl adjacent to an activating group) is 1. The van der Waals surface area contributed by atoms with Gasteiger partial charge in [0, 0.05) is 11.3 Å². The van der Waals surface area contributed by atoms with E-state index < -0.39 is 0 Å². The van der Waals surface area contributed by atoms with Crippen molar-refractivity contribution in [3.05, 3.63) is 59.2 Å². The fourth-order valence-electron chi connectivity index (χ4n) is 3.37. The Balaban J connectivity index is 1.56. The Morgan fingerprint density at radius 2 is 1.96 bits per heavy atom. The monoisotopic (exact) mass is 325 g/mol. The van der Waals surface area contributed by atoms with Crippen LogP contribution in [0.3, 0.4) is 0 Å². The van der Waals surface area contributed by atoms with E-state index in [0.29, 0.717) is 6.54 Å². The van der Waals surface area contributed by atoms with Crippen molar-refractivity contribution in [2.45, 2.75) is 25.8 Å². The smallest absolute Gasteiger partial charge is 0.279 e. The van der Waals surface area contributed by atoms with Gasteiger partial charge in [0.05, 0.1) is 14.2 Å². The first-order valence-electron chi connectivity index (χ1n) is 8.50. The topological polar surface area (TPSA) is 42.8 Å². The highest BCUT2D eigenvalue weighted by Crippen LogP contribution is 2.24. The molecule has 1 unspecified atom stereocenters. The third kappa shape index (κ3) is 3.95. The number of ether oxygens (including phenoxy) is 1. The highest BCUT2D eigenvalue weighted by molar-refractivity contribution is 5.91. The Kier molecular flexibility index (Phi) is 5.16. The van der Waals surface area contributed by atoms with E-state index in [1.807, 2.05) is 37.4 Å². The molecule has 24 heavy (non-hydrogen) atoms. The Morgan fingerprint density at radius 1 is 1.17 bits per heavy atom. The van der Waals surface area contributed by atoms with Crippen LogP contribution in [0.5, 0.6) is 5.75 Å². The standard InChI is InChI=1S/C20H24N2O2/c1-22(13-17-6-3-4-9-19(17)24-2)14-20(23)21-18-11-10-15-7-5-8-16(15)12-18/h3-4,6,9-12H,5,7-8,13-14H2,1-2H3,(H,21,23)/p+1. The van der Waals surface area contributed by atoms with E-state index in [1.165, 1.54) is 17.5 Å². The van der Waals surface area contributed by atoms with Crippen molar-refractivity contribution in [2.24, 2.45) is 0 Å². The van der Waals surface area contributed by atoms with Crippen molar-refractivity contribution in [1.29, 1.82) is 0 Å². The summed E-state index contributed by atoms with van der Waals surface area (Å²) in [5.41, 5.74) is 4.82. The summed E-state index contributed by atoms with van der Waals surface area (Å²) in [5, 5.41) is 3.03. The summed E-state index contributed by atoms with van der Waals surface area (Å²) >= 11 is 0. The van der Waals surface area contributed by atoms with Crippen molar-refractivity contribution in [3.63, 3.8) is 0 Å². The molecule has 1 atom stereocenters. The minimum atomic E-state index is 0.0420. The average Bonchev–Trinajstić information content (AvgIpc) is 3.02. The van der Waals surface area contributed by atoms with Gasteiger partial charge in [0.2, 0.25) is 0 Å². The van der Waals surface area contributed by atoms with E-state index in [4.69, 9.17) is 4.74 Å². The Morgan fingerprint density at radius 3 is 2.79 bits per heavy atom. The molecule has 3 rings (SSSR count). The van der Waals surface area contributed by atoms with Crippen LogP contribution >= 0.6 is 0 Å². The van der Waals surface area contributed by atoms with Crippen LogP contribution in [0, 0.1) is 0 Å². The van der Waals surface area contributed by atoms with E-state index in [9.17, 15) is 4.79 Å². The molecule has 0 saturated carbocycles. The fourth-order valence-corrected chi connectivity index (χ4v) is 3.37. The number of aryl methyl sites for hydroxylation is 2. The molecule has 2 N–H and O–H groups in total. The van der Waals surface area contributed by atoms with Gasteiger partial charge >= 0.3 is 0 Å². The predicted octanol–water partition coefficient (Wildman–Crippen LogP) is 1.84. The molecule has 0 fully saturated rings. The number of amides is 1. The molecule has 4 heteroatoms. The van der Waals surface area contributed by atoms with Crippen molar-refractivity contribution in [1.82, 2.24) is 0 Å². The molecule has 4 nitrogen and oxygen atoms in total. The Hall–Kier alpha value is -2.33. The van der Waals surface area contributed by atoms with Gasteiger partial charge in [-0.25, -0.2) is 0 Å². The zero-order valence-electron chi connectivity index (χ0n) is 14.4.